The highest BCUT2D eigenvalue weighted by atomic mass is 15.0. The fourth-order valence-corrected chi connectivity index (χ4v) is 4.50. The second-order valence-electron chi connectivity index (χ2n) is 8.50. The summed E-state index contributed by atoms with van der Waals surface area (Å²) >= 11 is 0. The van der Waals surface area contributed by atoms with Crippen LogP contribution in [0.1, 0.15) is 60.8 Å². The van der Waals surface area contributed by atoms with E-state index in [4.69, 9.17) is 0 Å². The van der Waals surface area contributed by atoms with Gasteiger partial charge in [0.2, 0.25) is 0 Å². The Labute approximate surface area is 113 Å². The van der Waals surface area contributed by atoms with Crippen molar-refractivity contribution < 1.29 is 0 Å². The highest BCUT2D eigenvalue weighted by Crippen LogP contribution is 2.45. The zero-order valence-corrected chi connectivity index (χ0v) is 13.1. The Morgan fingerprint density at radius 1 is 1.11 bits per heavy atom. The summed E-state index contributed by atoms with van der Waals surface area (Å²) in [7, 11) is 0. The standard InChI is InChI=1S/C17H31N/c1-12(15-10-13-7-8-14(15)9-13)18-17(5,6)11-16(2,3)4/h7-8,12-15,18H,9-11H2,1-6H3. The van der Waals surface area contributed by atoms with Crippen LogP contribution in [0.4, 0.5) is 0 Å². The summed E-state index contributed by atoms with van der Waals surface area (Å²) in [4.78, 5) is 0. The number of fused-ring (bicyclic) bond motifs is 2. The van der Waals surface area contributed by atoms with Crippen LogP contribution in [0.3, 0.4) is 0 Å². The van der Waals surface area contributed by atoms with E-state index in [1.807, 2.05) is 0 Å². The smallest absolute Gasteiger partial charge is 0.0132 e. The molecule has 0 saturated heterocycles. The van der Waals surface area contributed by atoms with Crippen LogP contribution in [-0.2, 0) is 0 Å². The summed E-state index contributed by atoms with van der Waals surface area (Å²) in [6.45, 7) is 14.1. The van der Waals surface area contributed by atoms with E-state index in [-0.39, 0.29) is 5.54 Å². The highest BCUT2D eigenvalue weighted by Gasteiger charge is 2.40. The minimum atomic E-state index is 0.239. The molecule has 0 aromatic carbocycles. The van der Waals surface area contributed by atoms with Crippen molar-refractivity contribution in [2.45, 2.75) is 72.4 Å². The van der Waals surface area contributed by atoms with Gasteiger partial charge in [-0.25, -0.2) is 0 Å². The number of nitrogens with one attached hydrogen (secondary N) is 1. The largest absolute Gasteiger partial charge is 0.309 e. The van der Waals surface area contributed by atoms with E-state index in [2.05, 4.69) is 59.0 Å². The molecular formula is C17H31N. The first-order valence-corrected chi connectivity index (χ1v) is 7.62. The van der Waals surface area contributed by atoms with Crippen molar-refractivity contribution in [2.75, 3.05) is 0 Å². The molecule has 0 radical (unpaired) electrons. The third-order valence-corrected chi connectivity index (χ3v) is 4.56. The third kappa shape index (κ3) is 3.38. The van der Waals surface area contributed by atoms with E-state index in [1.54, 1.807) is 0 Å². The molecule has 0 heterocycles. The highest BCUT2D eigenvalue weighted by molar-refractivity contribution is 5.12. The van der Waals surface area contributed by atoms with Crippen molar-refractivity contribution in [1.29, 1.82) is 0 Å². The molecule has 104 valence electrons. The fraction of sp³-hybridized carbons (Fsp3) is 0.882. The van der Waals surface area contributed by atoms with Gasteiger partial charge in [0.15, 0.2) is 0 Å². The molecule has 0 aromatic heterocycles. The first kappa shape index (κ1) is 14.1. The van der Waals surface area contributed by atoms with E-state index in [1.165, 1.54) is 19.3 Å². The number of allylic oxidation sites excluding steroid dienone is 2. The zero-order chi connectivity index (χ0) is 13.6. The van der Waals surface area contributed by atoms with Crippen LogP contribution < -0.4 is 5.32 Å². The Hall–Kier alpha value is -0.300. The van der Waals surface area contributed by atoms with Crippen LogP contribution >= 0.6 is 0 Å². The first-order valence-electron chi connectivity index (χ1n) is 7.62. The van der Waals surface area contributed by atoms with E-state index < -0.39 is 0 Å². The van der Waals surface area contributed by atoms with E-state index in [0.29, 0.717) is 11.5 Å². The molecule has 1 nitrogen and oxygen atoms in total. The molecule has 1 heteroatoms. The van der Waals surface area contributed by atoms with Gasteiger partial charge in [0, 0.05) is 11.6 Å². The average molecular weight is 249 g/mol. The Kier molecular flexibility index (Phi) is 3.66. The Morgan fingerprint density at radius 3 is 2.22 bits per heavy atom. The van der Waals surface area contributed by atoms with E-state index in [9.17, 15) is 0 Å². The molecule has 0 aromatic rings. The first-order chi connectivity index (χ1) is 8.16. The van der Waals surface area contributed by atoms with Crippen molar-refractivity contribution >= 4 is 0 Å². The lowest BCUT2D eigenvalue weighted by Crippen LogP contribution is -2.50. The van der Waals surface area contributed by atoms with Crippen molar-refractivity contribution in [3.63, 3.8) is 0 Å². The molecule has 1 N–H and O–H groups in total. The van der Waals surface area contributed by atoms with E-state index in [0.717, 1.165) is 17.8 Å². The molecule has 2 aliphatic carbocycles. The minimum Gasteiger partial charge on any atom is -0.309 e. The third-order valence-electron chi connectivity index (χ3n) is 4.56. The molecule has 2 rings (SSSR count). The molecule has 18 heavy (non-hydrogen) atoms. The molecular weight excluding hydrogens is 218 g/mol. The lowest BCUT2D eigenvalue weighted by Gasteiger charge is -2.38. The van der Waals surface area contributed by atoms with Crippen molar-refractivity contribution in [1.82, 2.24) is 5.32 Å². The predicted molar refractivity (Wildman–Crippen MR) is 79.6 cm³/mol. The van der Waals surface area contributed by atoms with E-state index >= 15 is 0 Å². The summed E-state index contributed by atoms with van der Waals surface area (Å²) in [5.74, 6) is 2.59. The average Bonchev–Trinajstić information content (AvgIpc) is 2.72. The van der Waals surface area contributed by atoms with Gasteiger partial charge in [-0.1, -0.05) is 32.9 Å². The van der Waals surface area contributed by atoms with Crippen molar-refractivity contribution in [3.05, 3.63) is 12.2 Å². The maximum absolute atomic E-state index is 3.91. The quantitative estimate of drug-likeness (QED) is 0.729. The van der Waals surface area contributed by atoms with Crippen LogP contribution in [0, 0.1) is 23.2 Å². The van der Waals surface area contributed by atoms with Gasteiger partial charge in [0.25, 0.3) is 0 Å². The van der Waals surface area contributed by atoms with Crippen LogP contribution in [0.5, 0.6) is 0 Å². The Morgan fingerprint density at radius 2 is 1.78 bits per heavy atom. The van der Waals surface area contributed by atoms with Gasteiger partial charge in [-0.15, -0.1) is 0 Å². The second-order valence-corrected chi connectivity index (χ2v) is 8.50. The molecule has 1 fully saturated rings. The maximum Gasteiger partial charge on any atom is 0.0132 e. The van der Waals surface area contributed by atoms with Gasteiger partial charge >= 0.3 is 0 Å². The monoisotopic (exact) mass is 249 g/mol. The number of hydrogen-bond acceptors (Lipinski definition) is 1. The summed E-state index contributed by atoms with van der Waals surface area (Å²) in [6, 6.07) is 0.641. The summed E-state index contributed by atoms with van der Waals surface area (Å²) in [5, 5.41) is 3.91. The maximum atomic E-state index is 3.91. The van der Waals surface area contributed by atoms with Gasteiger partial charge in [-0.3, -0.25) is 0 Å². The number of rotatable bonds is 4. The second kappa shape index (κ2) is 4.67. The normalized spacial score (nSPS) is 33.1. The van der Waals surface area contributed by atoms with Crippen LogP contribution in [0.15, 0.2) is 12.2 Å². The van der Waals surface area contributed by atoms with Crippen molar-refractivity contribution in [3.8, 4) is 0 Å². The molecule has 4 atom stereocenters. The summed E-state index contributed by atoms with van der Waals surface area (Å²) in [6.07, 6.45) is 8.94. The summed E-state index contributed by atoms with van der Waals surface area (Å²) in [5.41, 5.74) is 0.633. The van der Waals surface area contributed by atoms with Gasteiger partial charge < -0.3 is 5.32 Å². The molecule has 0 amide bonds. The Balaban J connectivity index is 1.91. The molecule has 1 saturated carbocycles. The van der Waals surface area contributed by atoms with Gasteiger partial charge in [-0.2, -0.15) is 0 Å². The van der Waals surface area contributed by atoms with Crippen molar-refractivity contribution in [2.24, 2.45) is 23.2 Å². The topological polar surface area (TPSA) is 12.0 Å². The molecule has 2 aliphatic rings. The minimum absolute atomic E-state index is 0.239. The summed E-state index contributed by atoms with van der Waals surface area (Å²) < 4.78 is 0. The zero-order valence-electron chi connectivity index (χ0n) is 13.1. The van der Waals surface area contributed by atoms with Crippen LogP contribution in [-0.4, -0.2) is 11.6 Å². The van der Waals surface area contributed by atoms with Gasteiger partial charge in [0.05, 0.1) is 0 Å². The lowest BCUT2D eigenvalue weighted by atomic mass is 9.80. The van der Waals surface area contributed by atoms with Crippen LogP contribution in [0.2, 0.25) is 0 Å². The Bertz CT molecular complexity index is 321. The van der Waals surface area contributed by atoms with Gasteiger partial charge in [0.1, 0.15) is 0 Å². The fourth-order valence-electron chi connectivity index (χ4n) is 4.50. The molecule has 4 unspecified atom stereocenters. The molecule has 2 bridgehead atoms. The molecule has 0 aliphatic heterocycles. The van der Waals surface area contributed by atoms with Gasteiger partial charge in [-0.05, 0) is 63.2 Å². The molecule has 0 spiro atoms. The number of hydrogen-bond donors (Lipinski definition) is 1. The lowest BCUT2D eigenvalue weighted by molar-refractivity contribution is 0.194. The SMILES string of the molecule is CC(NC(C)(C)CC(C)(C)C)C1CC2C=CC1C2. The van der Waals surface area contributed by atoms with Crippen LogP contribution in [0.25, 0.3) is 0 Å². The predicted octanol–water partition coefficient (Wildman–Crippen LogP) is 4.39.